The molecule has 0 bridgehead atoms. The number of benzene rings is 1. The zero-order valence-corrected chi connectivity index (χ0v) is 12.3. The number of nitriles is 1. The highest BCUT2D eigenvalue weighted by Crippen LogP contribution is 2.17. The summed E-state index contributed by atoms with van der Waals surface area (Å²) in [6.07, 6.45) is 1.17. The minimum atomic E-state index is -1.08. The van der Waals surface area contributed by atoms with E-state index < -0.39 is 5.97 Å². The molecule has 0 saturated carbocycles. The van der Waals surface area contributed by atoms with Gasteiger partial charge in [-0.1, -0.05) is 0 Å². The summed E-state index contributed by atoms with van der Waals surface area (Å²) in [6.45, 7) is 3.85. The van der Waals surface area contributed by atoms with Gasteiger partial charge in [-0.15, -0.1) is 0 Å². The van der Waals surface area contributed by atoms with Crippen LogP contribution in [0.15, 0.2) is 35.9 Å². The van der Waals surface area contributed by atoms with Crippen molar-refractivity contribution >= 4 is 17.6 Å². The number of hydrogen-bond acceptors (Lipinski definition) is 4. The van der Waals surface area contributed by atoms with E-state index in [0.717, 1.165) is 5.69 Å². The Balaban J connectivity index is 1.95. The van der Waals surface area contributed by atoms with Crippen molar-refractivity contribution in [3.63, 3.8) is 0 Å². The Labute approximate surface area is 128 Å². The first-order valence-electron chi connectivity index (χ1n) is 6.97. The van der Waals surface area contributed by atoms with E-state index >= 15 is 0 Å². The van der Waals surface area contributed by atoms with Crippen LogP contribution in [0, 0.1) is 11.3 Å². The van der Waals surface area contributed by atoms with Crippen LogP contribution < -0.4 is 4.90 Å². The molecule has 1 aliphatic heterocycles. The molecule has 2 rings (SSSR count). The second-order valence-electron chi connectivity index (χ2n) is 5.10. The number of piperazine rings is 1. The summed E-state index contributed by atoms with van der Waals surface area (Å²) < 4.78 is 0. The molecule has 0 atom stereocenters. The van der Waals surface area contributed by atoms with Crippen molar-refractivity contribution in [1.29, 1.82) is 5.26 Å². The number of anilines is 1. The molecule has 1 aromatic rings. The van der Waals surface area contributed by atoms with E-state index in [1.54, 1.807) is 17.0 Å². The molecule has 0 aliphatic carbocycles. The molecule has 1 N–H and O–H groups in total. The van der Waals surface area contributed by atoms with Gasteiger partial charge < -0.3 is 14.9 Å². The van der Waals surface area contributed by atoms with Gasteiger partial charge >= 0.3 is 5.97 Å². The second kappa shape index (κ2) is 6.76. The first-order chi connectivity index (χ1) is 10.5. The number of amides is 1. The number of aliphatic carboxylic acids is 1. The molecule has 0 aromatic heterocycles. The normalized spacial score (nSPS) is 15.4. The molecule has 1 amide bonds. The predicted octanol–water partition coefficient (Wildman–Crippen LogP) is 1.24. The Morgan fingerprint density at radius 2 is 1.77 bits per heavy atom. The summed E-state index contributed by atoms with van der Waals surface area (Å²) in [5.41, 5.74) is 1.68. The Kier molecular flexibility index (Phi) is 4.79. The van der Waals surface area contributed by atoms with Crippen LogP contribution >= 0.6 is 0 Å². The zero-order chi connectivity index (χ0) is 16.1. The fourth-order valence-corrected chi connectivity index (χ4v) is 2.27. The minimum absolute atomic E-state index is 0.0412. The Morgan fingerprint density at radius 3 is 2.27 bits per heavy atom. The van der Waals surface area contributed by atoms with E-state index in [4.69, 9.17) is 10.4 Å². The Morgan fingerprint density at radius 1 is 1.18 bits per heavy atom. The third-order valence-electron chi connectivity index (χ3n) is 3.63. The number of hydrogen-bond donors (Lipinski definition) is 1. The summed E-state index contributed by atoms with van der Waals surface area (Å²) in [4.78, 5) is 26.5. The largest absolute Gasteiger partial charge is 0.478 e. The van der Waals surface area contributed by atoms with Crippen LogP contribution in [0.3, 0.4) is 0 Å². The Hall–Kier alpha value is -2.81. The first-order valence-corrected chi connectivity index (χ1v) is 6.97. The van der Waals surface area contributed by atoms with Gasteiger partial charge in [-0.25, -0.2) is 4.79 Å². The number of carbonyl (C=O) groups is 2. The second-order valence-corrected chi connectivity index (χ2v) is 5.10. The molecule has 0 spiro atoms. The lowest BCUT2D eigenvalue weighted by Crippen LogP contribution is -2.48. The van der Waals surface area contributed by atoms with E-state index in [1.807, 2.05) is 12.1 Å². The molecule has 1 saturated heterocycles. The maximum Gasteiger partial charge on any atom is 0.331 e. The molecular formula is C16H17N3O3. The van der Waals surface area contributed by atoms with Gasteiger partial charge in [0.05, 0.1) is 11.6 Å². The molecule has 6 heteroatoms. The molecule has 1 heterocycles. The molecule has 0 radical (unpaired) electrons. The number of nitrogens with zero attached hydrogens (tertiary/aromatic N) is 3. The van der Waals surface area contributed by atoms with Crippen molar-refractivity contribution in [3.8, 4) is 6.07 Å². The third kappa shape index (κ3) is 3.64. The number of rotatable bonds is 3. The maximum absolute atomic E-state index is 12.0. The smallest absolute Gasteiger partial charge is 0.331 e. The van der Waals surface area contributed by atoms with Gasteiger partial charge in [0.15, 0.2) is 0 Å². The van der Waals surface area contributed by atoms with Gasteiger partial charge in [0.25, 0.3) is 0 Å². The highest BCUT2D eigenvalue weighted by Gasteiger charge is 2.20. The fourth-order valence-electron chi connectivity index (χ4n) is 2.27. The number of carboxylic acid groups (broad SMARTS) is 1. The lowest BCUT2D eigenvalue weighted by molar-refractivity contribution is -0.133. The van der Waals surface area contributed by atoms with Crippen molar-refractivity contribution in [2.45, 2.75) is 6.92 Å². The zero-order valence-electron chi connectivity index (χ0n) is 12.3. The van der Waals surface area contributed by atoms with E-state index in [9.17, 15) is 9.59 Å². The standard InChI is InChI=1S/C16H17N3O3/c1-12(16(21)22)10-15(20)19-8-6-18(7-9-19)14-4-2-13(11-17)3-5-14/h2-5,10H,6-9H2,1H3,(H,21,22)/b12-10+. The minimum Gasteiger partial charge on any atom is -0.478 e. The van der Waals surface area contributed by atoms with Crippen molar-refractivity contribution < 1.29 is 14.7 Å². The van der Waals surface area contributed by atoms with Crippen LogP contribution in [0.2, 0.25) is 0 Å². The van der Waals surface area contributed by atoms with Gasteiger partial charge in [0.1, 0.15) is 0 Å². The molecular weight excluding hydrogens is 282 g/mol. The van der Waals surface area contributed by atoms with Crippen molar-refractivity contribution in [2.24, 2.45) is 0 Å². The molecule has 1 fully saturated rings. The molecule has 22 heavy (non-hydrogen) atoms. The summed E-state index contributed by atoms with van der Waals surface area (Å²) in [5.74, 6) is -1.34. The first kappa shape index (κ1) is 15.6. The predicted molar refractivity (Wildman–Crippen MR) is 81.3 cm³/mol. The average molecular weight is 299 g/mol. The van der Waals surface area contributed by atoms with Crippen LogP contribution in [-0.2, 0) is 9.59 Å². The summed E-state index contributed by atoms with van der Waals surface area (Å²) >= 11 is 0. The van der Waals surface area contributed by atoms with Gasteiger partial charge in [0, 0.05) is 43.5 Å². The van der Waals surface area contributed by atoms with Crippen molar-refractivity contribution in [3.05, 3.63) is 41.5 Å². The number of carboxylic acids is 1. The van der Waals surface area contributed by atoms with Gasteiger partial charge in [0.2, 0.25) is 5.91 Å². The lowest BCUT2D eigenvalue weighted by atomic mass is 10.2. The SMILES string of the molecule is C/C(=C\C(=O)N1CCN(c2ccc(C#N)cc2)CC1)C(=O)O. The van der Waals surface area contributed by atoms with Crippen LogP contribution in [0.5, 0.6) is 0 Å². The molecule has 6 nitrogen and oxygen atoms in total. The third-order valence-corrected chi connectivity index (χ3v) is 3.63. The van der Waals surface area contributed by atoms with E-state index in [0.29, 0.717) is 31.7 Å². The van der Waals surface area contributed by atoms with E-state index in [1.165, 1.54) is 13.0 Å². The average Bonchev–Trinajstić information content (AvgIpc) is 2.55. The van der Waals surface area contributed by atoms with Crippen LogP contribution in [0.4, 0.5) is 5.69 Å². The highest BCUT2D eigenvalue weighted by atomic mass is 16.4. The molecule has 0 unspecified atom stereocenters. The van der Waals surface area contributed by atoms with E-state index in [2.05, 4.69) is 11.0 Å². The number of carbonyl (C=O) groups excluding carboxylic acids is 1. The summed E-state index contributed by atoms with van der Waals surface area (Å²) in [5, 5.41) is 17.6. The monoisotopic (exact) mass is 299 g/mol. The van der Waals surface area contributed by atoms with Crippen LogP contribution in [-0.4, -0.2) is 48.1 Å². The van der Waals surface area contributed by atoms with Gasteiger partial charge in [-0.3, -0.25) is 4.79 Å². The topological polar surface area (TPSA) is 84.6 Å². The summed E-state index contributed by atoms with van der Waals surface area (Å²) in [7, 11) is 0. The molecule has 1 aliphatic rings. The van der Waals surface area contributed by atoms with Crippen LogP contribution in [0.1, 0.15) is 12.5 Å². The Bertz CT molecular complexity index is 636. The summed E-state index contributed by atoms with van der Waals surface area (Å²) in [6, 6.07) is 9.41. The van der Waals surface area contributed by atoms with Crippen molar-refractivity contribution in [1.82, 2.24) is 4.90 Å². The lowest BCUT2D eigenvalue weighted by Gasteiger charge is -2.35. The van der Waals surface area contributed by atoms with Gasteiger partial charge in [-0.2, -0.15) is 5.26 Å². The van der Waals surface area contributed by atoms with E-state index in [-0.39, 0.29) is 11.5 Å². The van der Waals surface area contributed by atoms with Crippen molar-refractivity contribution in [2.75, 3.05) is 31.1 Å². The van der Waals surface area contributed by atoms with Crippen LogP contribution in [0.25, 0.3) is 0 Å². The molecule has 114 valence electrons. The van der Waals surface area contributed by atoms with Gasteiger partial charge in [-0.05, 0) is 31.2 Å². The maximum atomic E-state index is 12.0. The fraction of sp³-hybridized carbons (Fsp3) is 0.312. The molecule has 1 aromatic carbocycles. The highest BCUT2D eigenvalue weighted by molar-refractivity contribution is 5.97. The quantitative estimate of drug-likeness (QED) is 0.849.